The van der Waals surface area contributed by atoms with Gasteiger partial charge < -0.3 is 17.7 Å². The van der Waals surface area contributed by atoms with E-state index in [0.29, 0.717) is 13.2 Å². The van der Waals surface area contributed by atoms with Crippen molar-refractivity contribution < 1.29 is 17.7 Å². The first-order chi connectivity index (χ1) is 10.1. The summed E-state index contributed by atoms with van der Waals surface area (Å²) in [4.78, 5) is 0. The molecule has 0 saturated carbocycles. The molecule has 0 amide bonds. The number of hydrogen-bond donors (Lipinski definition) is 0. The van der Waals surface area contributed by atoms with Gasteiger partial charge in [0.2, 0.25) is 3.79 Å². The Balaban J connectivity index is 5.98. The van der Waals surface area contributed by atoms with E-state index in [-0.39, 0.29) is 0 Å². The van der Waals surface area contributed by atoms with Gasteiger partial charge in [0.15, 0.2) is 22.9 Å². The maximum absolute atomic E-state index is 6.14. The lowest BCUT2D eigenvalue weighted by molar-refractivity contribution is 0.174. The summed E-state index contributed by atoms with van der Waals surface area (Å²) in [6.45, 7) is 16.5. The van der Waals surface area contributed by atoms with Crippen molar-refractivity contribution in [1.82, 2.24) is 0 Å². The minimum Gasteiger partial charge on any atom is -0.393 e. The lowest BCUT2D eigenvalue weighted by Gasteiger charge is -2.34. The van der Waals surface area contributed by atoms with Gasteiger partial charge in [-0.3, -0.25) is 0 Å². The van der Waals surface area contributed by atoms with Gasteiger partial charge in [-0.2, -0.15) is 4.74 Å². The number of alkyl halides is 3. The van der Waals surface area contributed by atoms with Crippen molar-refractivity contribution in [2.45, 2.75) is 63.1 Å². The van der Waals surface area contributed by atoms with Crippen molar-refractivity contribution in [3.8, 4) is 0 Å². The zero-order valence-electron chi connectivity index (χ0n) is 15.2. The molecular formula is C12H29Cl3NO4PSi2. The van der Waals surface area contributed by atoms with Crippen molar-refractivity contribution in [2.24, 2.45) is 4.74 Å². The van der Waals surface area contributed by atoms with Crippen molar-refractivity contribution in [2.75, 3.05) is 13.2 Å². The van der Waals surface area contributed by atoms with Crippen LogP contribution in [0.1, 0.15) is 13.8 Å². The summed E-state index contributed by atoms with van der Waals surface area (Å²) >= 11 is 18.2. The Kier molecular flexibility index (Phi) is 9.91. The van der Waals surface area contributed by atoms with E-state index >= 15 is 0 Å². The average molecular weight is 445 g/mol. The maximum Gasteiger partial charge on any atom is 0.348 e. The standard InChI is InChI=1S/C12H29Cl3NO4PSi2/c1-9-17-21(18-10-2,20-23(6,7)8)16-11(12(13,14)15)19-22(3,4)5/h11H,9-10H2,1-8H3. The summed E-state index contributed by atoms with van der Waals surface area (Å²) in [7, 11) is -7.06. The Bertz CT molecular complexity index is 412. The van der Waals surface area contributed by atoms with Crippen LogP contribution < -0.4 is 0 Å². The van der Waals surface area contributed by atoms with E-state index in [4.69, 9.17) is 52.5 Å². The molecule has 0 saturated heterocycles. The highest BCUT2D eigenvalue weighted by atomic mass is 35.6. The van der Waals surface area contributed by atoms with E-state index in [0.717, 1.165) is 0 Å². The van der Waals surface area contributed by atoms with Gasteiger partial charge >= 0.3 is 7.74 Å². The lowest BCUT2D eigenvalue weighted by Crippen LogP contribution is -2.38. The molecular weight excluding hydrogens is 416 g/mol. The van der Waals surface area contributed by atoms with E-state index in [2.05, 4.69) is 4.74 Å². The van der Waals surface area contributed by atoms with Gasteiger partial charge in [-0.25, -0.2) is 0 Å². The fourth-order valence-corrected chi connectivity index (χ4v) is 7.88. The molecule has 0 aromatic heterocycles. The molecule has 140 valence electrons. The molecule has 0 fully saturated rings. The second kappa shape index (κ2) is 9.35. The Morgan fingerprint density at radius 1 is 0.913 bits per heavy atom. The third-order valence-corrected chi connectivity index (χ3v) is 8.23. The van der Waals surface area contributed by atoms with Gasteiger partial charge in [0.05, 0.1) is 13.2 Å². The monoisotopic (exact) mass is 443 g/mol. The molecule has 0 N–H and O–H groups in total. The van der Waals surface area contributed by atoms with Crippen LogP contribution >= 0.6 is 42.5 Å². The molecule has 5 nitrogen and oxygen atoms in total. The fraction of sp³-hybridized carbons (Fsp3) is 1.00. The third kappa shape index (κ3) is 10.8. The van der Waals surface area contributed by atoms with Crippen molar-refractivity contribution in [1.29, 1.82) is 0 Å². The first kappa shape index (κ1) is 24.4. The summed E-state index contributed by atoms with van der Waals surface area (Å²) in [5, 5.41) is 0. The van der Waals surface area contributed by atoms with Crippen LogP contribution in [-0.4, -0.2) is 39.9 Å². The summed E-state index contributed by atoms with van der Waals surface area (Å²) in [6, 6.07) is 0. The molecule has 0 aromatic rings. The van der Waals surface area contributed by atoms with Gasteiger partial charge in [0, 0.05) is 0 Å². The topological polar surface area (TPSA) is 49.3 Å². The Morgan fingerprint density at radius 2 is 1.35 bits per heavy atom. The van der Waals surface area contributed by atoms with Crippen LogP contribution in [0.15, 0.2) is 4.74 Å². The summed E-state index contributed by atoms with van der Waals surface area (Å²) < 4.78 is 26.4. The molecule has 0 radical (unpaired) electrons. The fourth-order valence-electron chi connectivity index (χ4n) is 1.47. The predicted octanol–water partition coefficient (Wildman–Crippen LogP) is 6.40. The second-order valence-electron chi connectivity index (χ2n) is 6.75. The SMILES string of the molecule is CCOP(=NC(O[Si](C)(C)C)C(Cl)(Cl)Cl)(OCC)O[Si](C)(C)C. The van der Waals surface area contributed by atoms with Gasteiger partial charge in [0.25, 0.3) is 0 Å². The minimum absolute atomic E-state index is 0.376. The molecule has 0 aromatic carbocycles. The number of hydrogen-bond acceptors (Lipinski definition) is 5. The van der Waals surface area contributed by atoms with Crippen molar-refractivity contribution in [3.05, 3.63) is 0 Å². The van der Waals surface area contributed by atoms with Crippen LogP contribution in [0.3, 0.4) is 0 Å². The van der Waals surface area contributed by atoms with E-state index in [9.17, 15) is 0 Å². The largest absolute Gasteiger partial charge is 0.393 e. The van der Waals surface area contributed by atoms with Crippen LogP contribution in [0.2, 0.25) is 39.3 Å². The molecule has 0 spiro atoms. The average Bonchev–Trinajstić information content (AvgIpc) is 2.22. The molecule has 0 heterocycles. The van der Waals surface area contributed by atoms with Gasteiger partial charge in [-0.15, -0.1) is 0 Å². The van der Waals surface area contributed by atoms with E-state index in [1.54, 1.807) is 0 Å². The van der Waals surface area contributed by atoms with Gasteiger partial charge in [-0.1, -0.05) is 34.8 Å². The van der Waals surface area contributed by atoms with Crippen molar-refractivity contribution >= 4 is 59.2 Å². The Morgan fingerprint density at radius 3 is 1.61 bits per heavy atom. The molecule has 0 aliphatic carbocycles. The number of rotatable bonds is 9. The van der Waals surface area contributed by atoms with Gasteiger partial charge in [0.1, 0.15) is 0 Å². The van der Waals surface area contributed by atoms with Crippen LogP contribution in [0.4, 0.5) is 0 Å². The van der Waals surface area contributed by atoms with E-state index in [1.807, 2.05) is 53.1 Å². The molecule has 23 heavy (non-hydrogen) atoms. The van der Waals surface area contributed by atoms with E-state index in [1.165, 1.54) is 0 Å². The minimum atomic E-state index is -3.03. The normalized spacial score (nSPS) is 15.6. The highest BCUT2D eigenvalue weighted by Gasteiger charge is 2.41. The smallest absolute Gasteiger partial charge is 0.348 e. The van der Waals surface area contributed by atoms with Crippen LogP contribution in [0.5, 0.6) is 0 Å². The summed E-state index contributed by atoms with van der Waals surface area (Å²) in [6.07, 6.45) is -1.01. The van der Waals surface area contributed by atoms with Crippen LogP contribution in [0.25, 0.3) is 0 Å². The quantitative estimate of drug-likeness (QED) is 0.234. The Labute approximate surface area is 157 Å². The zero-order chi connectivity index (χ0) is 18.5. The first-order valence-electron chi connectivity index (χ1n) is 7.50. The molecule has 11 heteroatoms. The number of nitrogens with zero attached hydrogens (tertiary/aromatic N) is 1. The molecule has 0 aliphatic rings. The zero-order valence-corrected chi connectivity index (χ0v) is 20.3. The Hall–Kier alpha value is 1.37. The van der Waals surface area contributed by atoms with Crippen molar-refractivity contribution in [3.63, 3.8) is 0 Å². The van der Waals surface area contributed by atoms with Crippen LogP contribution in [0, 0.1) is 0 Å². The maximum atomic E-state index is 6.14. The summed E-state index contributed by atoms with van der Waals surface area (Å²) in [5.74, 6) is 0. The van der Waals surface area contributed by atoms with Crippen LogP contribution in [-0.2, 0) is 17.7 Å². The molecule has 0 aliphatic heterocycles. The first-order valence-corrected chi connectivity index (χ1v) is 16.9. The van der Waals surface area contributed by atoms with E-state index < -0.39 is 34.4 Å². The molecule has 1 atom stereocenters. The predicted molar refractivity (Wildman–Crippen MR) is 106 cm³/mol. The lowest BCUT2D eigenvalue weighted by atomic mass is 10.7. The second-order valence-corrected chi connectivity index (χ2v) is 20.2. The summed E-state index contributed by atoms with van der Waals surface area (Å²) in [5.41, 5.74) is 0. The van der Waals surface area contributed by atoms with Gasteiger partial charge in [-0.05, 0) is 53.1 Å². The molecule has 0 rings (SSSR count). The molecule has 1 unspecified atom stereocenters. The highest BCUT2D eigenvalue weighted by Crippen LogP contribution is 2.57. The molecule has 0 bridgehead atoms. The highest BCUT2D eigenvalue weighted by molar-refractivity contribution is 7.53. The number of halogens is 3. The third-order valence-electron chi connectivity index (χ3n) is 1.97.